The van der Waals surface area contributed by atoms with Crippen LogP contribution in [0.25, 0.3) is 11.4 Å². The third kappa shape index (κ3) is 4.90. The second-order valence-corrected chi connectivity index (χ2v) is 6.38. The molecule has 3 aromatic rings. The van der Waals surface area contributed by atoms with Gasteiger partial charge in [-0.05, 0) is 30.7 Å². The third-order valence-electron chi connectivity index (χ3n) is 4.30. The number of likely N-dealkylation sites (N-methyl/N-ethyl adjacent to an activating group) is 1. The largest absolute Gasteiger partial charge is 0.497 e. The molecular weight excluding hydrogens is 377 g/mol. The van der Waals surface area contributed by atoms with Gasteiger partial charge < -0.3 is 18.9 Å². The molecule has 1 aromatic heterocycles. The van der Waals surface area contributed by atoms with E-state index in [1.807, 2.05) is 18.2 Å². The first-order valence-corrected chi connectivity index (χ1v) is 9.15. The fourth-order valence-corrected chi connectivity index (χ4v) is 2.73. The molecule has 0 bridgehead atoms. The maximum Gasteiger partial charge on any atom is 0.263 e. The van der Waals surface area contributed by atoms with E-state index in [0.717, 1.165) is 5.56 Å². The van der Waals surface area contributed by atoms with E-state index in [1.54, 1.807) is 39.3 Å². The van der Waals surface area contributed by atoms with Crippen molar-refractivity contribution in [3.63, 3.8) is 0 Å². The van der Waals surface area contributed by atoms with Crippen molar-refractivity contribution in [1.82, 2.24) is 15.0 Å². The van der Waals surface area contributed by atoms with Crippen molar-refractivity contribution in [2.75, 3.05) is 14.2 Å². The third-order valence-corrected chi connectivity index (χ3v) is 4.30. The van der Waals surface area contributed by atoms with Crippen LogP contribution in [0.15, 0.2) is 53.1 Å². The van der Waals surface area contributed by atoms with Gasteiger partial charge in [-0.1, -0.05) is 36.3 Å². The quantitative estimate of drug-likeness (QED) is 0.575. The molecule has 0 unspecified atom stereocenters. The molecule has 0 N–H and O–H groups in total. The van der Waals surface area contributed by atoms with Crippen molar-refractivity contribution in [2.45, 2.75) is 26.0 Å². The summed E-state index contributed by atoms with van der Waals surface area (Å²) >= 11 is 0. The molecule has 0 saturated heterocycles. The predicted octanol–water partition coefficient (Wildman–Crippen LogP) is 3.70. The molecule has 7 nitrogen and oxygen atoms in total. The second-order valence-electron chi connectivity index (χ2n) is 6.38. The molecule has 152 valence electrons. The van der Waals surface area contributed by atoms with Crippen LogP contribution in [0.4, 0.5) is 4.39 Å². The van der Waals surface area contributed by atoms with E-state index in [9.17, 15) is 9.18 Å². The second kappa shape index (κ2) is 9.18. The Labute approximate surface area is 168 Å². The van der Waals surface area contributed by atoms with E-state index in [-0.39, 0.29) is 24.1 Å². The number of hydrogen-bond donors (Lipinski definition) is 0. The average Bonchev–Trinajstić information content (AvgIpc) is 3.21. The minimum atomic E-state index is -0.822. The molecule has 3 rings (SSSR count). The maximum atomic E-state index is 13.8. The number of carbonyl (C=O) groups excluding carboxylic acids is 1. The number of carbonyl (C=O) groups is 1. The predicted molar refractivity (Wildman–Crippen MR) is 104 cm³/mol. The van der Waals surface area contributed by atoms with Crippen LogP contribution in [0.1, 0.15) is 19.2 Å². The standard InChI is InChI=1S/C21H22FN3O4/c1-4-17(28-18-11-6-5-10-16(18)22)21(26)25(2)13-19-23-20(24-29-19)14-8-7-9-15(12-14)27-3/h5-12,17H,4,13H2,1-3H3/t17-/m0/s1. The lowest BCUT2D eigenvalue weighted by Gasteiger charge is -2.22. The first kappa shape index (κ1) is 20.3. The van der Waals surface area contributed by atoms with Crippen LogP contribution < -0.4 is 9.47 Å². The number of para-hydroxylation sites is 1. The van der Waals surface area contributed by atoms with Gasteiger partial charge >= 0.3 is 0 Å². The minimum absolute atomic E-state index is 0.0409. The van der Waals surface area contributed by atoms with E-state index in [0.29, 0.717) is 18.0 Å². The van der Waals surface area contributed by atoms with Crippen molar-refractivity contribution in [2.24, 2.45) is 0 Å². The Balaban J connectivity index is 1.67. The van der Waals surface area contributed by atoms with E-state index in [4.69, 9.17) is 14.0 Å². The number of nitrogens with zero attached hydrogens (tertiary/aromatic N) is 3. The number of amides is 1. The zero-order valence-electron chi connectivity index (χ0n) is 16.5. The highest BCUT2D eigenvalue weighted by atomic mass is 19.1. The molecule has 1 atom stereocenters. The van der Waals surface area contributed by atoms with Crippen LogP contribution in [0.5, 0.6) is 11.5 Å². The highest BCUT2D eigenvalue weighted by molar-refractivity contribution is 5.81. The van der Waals surface area contributed by atoms with Gasteiger partial charge in [0.1, 0.15) is 5.75 Å². The Morgan fingerprint density at radius 1 is 1.24 bits per heavy atom. The van der Waals surface area contributed by atoms with Gasteiger partial charge in [-0.25, -0.2) is 4.39 Å². The van der Waals surface area contributed by atoms with Gasteiger partial charge in [0.25, 0.3) is 5.91 Å². The van der Waals surface area contributed by atoms with E-state index in [2.05, 4.69) is 10.1 Å². The van der Waals surface area contributed by atoms with Crippen molar-refractivity contribution < 1.29 is 23.2 Å². The lowest BCUT2D eigenvalue weighted by Crippen LogP contribution is -2.39. The Morgan fingerprint density at radius 3 is 2.76 bits per heavy atom. The molecular formula is C21H22FN3O4. The molecule has 0 aliphatic carbocycles. The van der Waals surface area contributed by atoms with Crippen LogP contribution in [-0.2, 0) is 11.3 Å². The smallest absolute Gasteiger partial charge is 0.263 e. The number of aromatic nitrogens is 2. The molecule has 0 radical (unpaired) electrons. The molecule has 0 aliphatic rings. The molecule has 0 fully saturated rings. The molecule has 0 spiro atoms. The van der Waals surface area contributed by atoms with Crippen LogP contribution in [0.3, 0.4) is 0 Å². The molecule has 29 heavy (non-hydrogen) atoms. The minimum Gasteiger partial charge on any atom is -0.497 e. The summed E-state index contributed by atoms with van der Waals surface area (Å²) in [5.74, 6) is 0.573. The van der Waals surface area contributed by atoms with Gasteiger partial charge in [-0.2, -0.15) is 4.98 Å². The first-order valence-electron chi connectivity index (χ1n) is 9.15. The Kier molecular flexibility index (Phi) is 6.43. The number of ether oxygens (including phenoxy) is 2. The highest BCUT2D eigenvalue weighted by Crippen LogP contribution is 2.22. The maximum absolute atomic E-state index is 13.8. The molecule has 2 aromatic carbocycles. The van der Waals surface area contributed by atoms with Crippen molar-refractivity contribution in [1.29, 1.82) is 0 Å². The molecule has 0 aliphatic heterocycles. The number of benzene rings is 2. The topological polar surface area (TPSA) is 77.7 Å². The fraction of sp³-hybridized carbons (Fsp3) is 0.286. The van der Waals surface area contributed by atoms with Crippen LogP contribution in [0.2, 0.25) is 0 Å². The highest BCUT2D eigenvalue weighted by Gasteiger charge is 2.25. The van der Waals surface area contributed by atoms with E-state index in [1.165, 1.54) is 17.0 Å². The van der Waals surface area contributed by atoms with Crippen LogP contribution in [-0.4, -0.2) is 41.2 Å². The van der Waals surface area contributed by atoms with Crippen LogP contribution in [0, 0.1) is 5.82 Å². The summed E-state index contributed by atoms with van der Waals surface area (Å²) in [6, 6.07) is 13.3. The summed E-state index contributed by atoms with van der Waals surface area (Å²) in [5.41, 5.74) is 0.739. The summed E-state index contributed by atoms with van der Waals surface area (Å²) in [4.78, 5) is 18.5. The zero-order valence-corrected chi connectivity index (χ0v) is 16.5. The van der Waals surface area contributed by atoms with Gasteiger partial charge in [0, 0.05) is 12.6 Å². The lowest BCUT2D eigenvalue weighted by atomic mass is 10.2. The Morgan fingerprint density at radius 2 is 2.03 bits per heavy atom. The number of rotatable bonds is 8. The first-order chi connectivity index (χ1) is 14.0. The molecule has 1 heterocycles. The average molecular weight is 399 g/mol. The normalized spacial score (nSPS) is 11.7. The van der Waals surface area contributed by atoms with Gasteiger partial charge in [-0.15, -0.1) is 0 Å². The van der Waals surface area contributed by atoms with Gasteiger partial charge in [0.05, 0.1) is 13.7 Å². The number of methoxy groups -OCH3 is 1. The fourth-order valence-electron chi connectivity index (χ4n) is 2.73. The monoisotopic (exact) mass is 399 g/mol. The molecule has 8 heteroatoms. The van der Waals surface area contributed by atoms with Crippen LogP contribution >= 0.6 is 0 Å². The van der Waals surface area contributed by atoms with E-state index < -0.39 is 11.9 Å². The van der Waals surface area contributed by atoms with Crippen molar-refractivity contribution in [3.8, 4) is 22.9 Å². The van der Waals surface area contributed by atoms with Gasteiger partial charge in [-0.3, -0.25) is 4.79 Å². The van der Waals surface area contributed by atoms with Crippen molar-refractivity contribution >= 4 is 5.91 Å². The SMILES string of the molecule is CC[C@H](Oc1ccccc1F)C(=O)N(C)Cc1nc(-c2cccc(OC)c2)no1. The lowest BCUT2D eigenvalue weighted by molar-refractivity contribution is -0.138. The zero-order chi connectivity index (χ0) is 20.8. The summed E-state index contributed by atoms with van der Waals surface area (Å²) in [6.07, 6.45) is -0.436. The number of hydrogen-bond acceptors (Lipinski definition) is 6. The Hall–Kier alpha value is -3.42. The summed E-state index contributed by atoms with van der Waals surface area (Å²) in [7, 11) is 3.18. The van der Waals surface area contributed by atoms with E-state index >= 15 is 0 Å². The van der Waals surface area contributed by atoms with Crippen molar-refractivity contribution in [3.05, 3.63) is 60.2 Å². The summed E-state index contributed by atoms with van der Waals surface area (Å²) in [5, 5.41) is 3.96. The van der Waals surface area contributed by atoms with Gasteiger partial charge in [0.2, 0.25) is 11.7 Å². The Bertz CT molecular complexity index is 976. The number of halogens is 1. The molecule has 1 amide bonds. The summed E-state index contributed by atoms with van der Waals surface area (Å²) < 4.78 is 29.9. The summed E-state index contributed by atoms with van der Waals surface area (Å²) in [6.45, 7) is 1.90. The van der Waals surface area contributed by atoms with Gasteiger partial charge in [0.15, 0.2) is 17.7 Å². The molecule has 0 saturated carbocycles.